The van der Waals surface area contributed by atoms with Crippen LogP contribution in [0.25, 0.3) is 0 Å². The standard InChI is InChI=1S/C21H21N3O2.C2H6/c1-16-6-2-3-7-18(16)15-26-24-21(25)19-8-4-5-9-20(19)23-14-17-10-12-22-13-11-17;1-2/h2-13,23H,14-15H2,1H3,(H,24,25);1-2H3. The van der Waals surface area contributed by atoms with Crippen molar-refractivity contribution in [3.63, 3.8) is 0 Å². The number of amides is 1. The molecule has 5 nitrogen and oxygen atoms in total. The van der Waals surface area contributed by atoms with Crippen molar-refractivity contribution in [3.05, 3.63) is 95.3 Å². The molecule has 0 atom stereocenters. The van der Waals surface area contributed by atoms with E-state index in [-0.39, 0.29) is 5.91 Å². The van der Waals surface area contributed by atoms with Gasteiger partial charge in [0.15, 0.2) is 0 Å². The van der Waals surface area contributed by atoms with Crippen LogP contribution in [0, 0.1) is 6.92 Å². The van der Waals surface area contributed by atoms with E-state index >= 15 is 0 Å². The second-order valence-corrected chi connectivity index (χ2v) is 5.90. The molecular formula is C23H27N3O2. The van der Waals surface area contributed by atoms with E-state index in [1.165, 1.54) is 0 Å². The zero-order valence-electron chi connectivity index (χ0n) is 16.6. The van der Waals surface area contributed by atoms with Gasteiger partial charge in [-0.25, -0.2) is 5.48 Å². The van der Waals surface area contributed by atoms with Gasteiger partial charge < -0.3 is 5.32 Å². The molecule has 0 aliphatic carbocycles. The molecule has 5 heteroatoms. The van der Waals surface area contributed by atoms with Crippen LogP contribution in [-0.2, 0) is 18.0 Å². The summed E-state index contributed by atoms with van der Waals surface area (Å²) in [5.74, 6) is -0.281. The summed E-state index contributed by atoms with van der Waals surface area (Å²) in [6, 6.07) is 19.1. The zero-order valence-corrected chi connectivity index (χ0v) is 16.6. The van der Waals surface area contributed by atoms with E-state index in [1.807, 2.05) is 75.4 Å². The van der Waals surface area contributed by atoms with Gasteiger partial charge in [-0.05, 0) is 47.9 Å². The van der Waals surface area contributed by atoms with Crippen molar-refractivity contribution in [1.29, 1.82) is 0 Å². The Labute approximate surface area is 166 Å². The third-order valence-electron chi connectivity index (χ3n) is 4.06. The Balaban J connectivity index is 0.00000136. The number of hydrogen-bond acceptors (Lipinski definition) is 4. The van der Waals surface area contributed by atoms with Gasteiger partial charge in [0.05, 0.1) is 5.56 Å². The summed E-state index contributed by atoms with van der Waals surface area (Å²) in [5, 5.41) is 3.28. The highest BCUT2D eigenvalue weighted by atomic mass is 16.6. The molecule has 3 aromatic rings. The maximum absolute atomic E-state index is 12.5. The van der Waals surface area contributed by atoms with Crippen LogP contribution in [0.15, 0.2) is 73.1 Å². The highest BCUT2D eigenvalue weighted by molar-refractivity contribution is 5.98. The predicted molar refractivity (Wildman–Crippen MR) is 113 cm³/mol. The number of benzene rings is 2. The number of carbonyl (C=O) groups is 1. The van der Waals surface area contributed by atoms with E-state index in [4.69, 9.17) is 4.84 Å². The summed E-state index contributed by atoms with van der Waals surface area (Å²) >= 11 is 0. The van der Waals surface area contributed by atoms with Gasteiger partial charge in [0.25, 0.3) is 5.91 Å². The molecule has 0 unspecified atom stereocenters. The summed E-state index contributed by atoms with van der Waals surface area (Å²) in [7, 11) is 0. The predicted octanol–water partition coefficient (Wildman–Crippen LogP) is 4.89. The number of hydroxylamine groups is 1. The van der Waals surface area contributed by atoms with Crippen LogP contribution < -0.4 is 10.8 Å². The maximum atomic E-state index is 12.5. The highest BCUT2D eigenvalue weighted by Gasteiger charge is 2.11. The fraction of sp³-hybridized carbons (Fsp3) is 0.217. The number of hydrogen-bond donors (Lipinski definition) is 2. The van der Waals surface area contributed by atoms with Crippen molar-refractivity contribution >= 4 is 11.6 Å². The van der Waals surface area contributed by atoms with Gasteiger partial charge in [-0.3, -0.25) is 14.6 Å². The second kappa shape index (κ2) is 11.5. The SMILES string of the molecule is CC.Cc1ccccc1CONC(=O)c1ccccc1NCc1ccncc1. The number of aromatic nitrogens is 1. The summed E-state index contributed by atoms with van der Waals surface area (Å²) in [5.41, 5.74) is 7.06. The Morgan fingerprint density at radius 2 is 1.64 bits per heavy atom. The Kier molecular flexibility index (Phi) is 8.69. The lowest BCUT2D eigenvalue weighted by Crippen LogP contribution is -2.24. The van der Waals surface area contributed by atoms with E-state index in [9.17, 15) is 4.79 Å². The summed E-state index contributed by atoms with van der Waals surface area (Å²) in [6.45, 7) is 6.95. The number of carbonyl (C=O) groups excluding carboxylic acids is 1. The molecule has 2 N–H and O–H groups in total. The molecule has 1 amide bonds. The molecule has 0 spiro atoms. The van der Waals surface area contributed by atoms with Crippen LogP contribution >= 0.6 is 0 Å². The van der Waals surface area contributed by atoms with Gasteiger partial charge in [0.1, 0.15) is 6.61 Å². The number of rotatable bonds is 7. The molecule has 0 saturated heterocycles. The molecule has 0 fully saturated rings. The maximum Gasteiger partial charge on any atom is 0.276 e. The molecule has 0 saturated carbocycles. The van der Waals surface area contributed by atoms with Crippen molar-refractivity contribution in [3.8, 4) is 0 Å². The first-order chi connectivity index (χ1) is 13.7. The summed E-state index contributed by atoms with van der Waals surface area (Å²) in [4.78, 5) is 21.9. The van der Waals surface area contributed by atoms with Crippen molar-refractivity contribution in [2.75, 3.05) is 5.32 Å². The lowest BCUT2D eigenvalue weighted by molar-refractivity contribution is 0.0232. The third-order valence-corrected chi connectivity index (χ3v) is 4.06. The first-order valence-corrected chi connectivity index (χ1v) is 9.42. The van der Waals surface area contributed by atoms with E-state index in [0.29, 0.717) is 18.7 Å². The Morgan fingerprint density at radius 3 is 2.39 bits per heavy atom. The minimum absolute atomic E-state index is 0.281. The summed E-state index contributed by atoms with van der Waals surface area (Å²) in [6.07, 6.45) is 3.49. The number of anilines is 1. The first-order valence-electron chi connectivity index (χ1n) is 9.42. The molecule has 2 aromatic carbocycles. The lowest BCUT2D eigenvalue weighted by atomic mass is 10.1. The molecule has 0 bridgehead atoms. The largest absolute Gasteiger partial charge is 0.380 e. The topological polar surface area (TPSA) is 63.2 Å². The quantitative estimate of drug-likeness (QED) is 0.576. The van der Waals surface area contributed by atoms with Gasteiger partial charge in [-0.15, -0.1) is 0 Å². The average molecular weight is 377 g/mol. The van der Waals surface area contributed by atoms with Crippen molar-refractivity contribution in [2.24, 2.45) is 0 Å². The van der Waals surface area contributed by atoms with Gasteiger partial charge in [-0.1, -0.05) is 50.2 Å². The molecule has 0 radical (unpaired) electrons. The summed E-state index contributed by atoms with van der Waals surface area (Å²) < 4.78 is 0. The molecule has 1 heterocycles. The van der Waals surface area contributed by atoms with Gasteiger partial charge in [-0.2, -0.15) is 0 Å². The minimum atomic E-state index is -0.281. The second-order valence-electron chi connectivity index (χ2n) is 5.90. The molecule has 28 heavy (non-hydrogen) atoms. The number of nitrogens with zero attached hydrogens (tertiary/aromatic N) is 1. The molecule has 1 aromatic heterocycles. The fourth-order valence-corrected chi connectivity index (χ4v) is 2.54. The zero-order chi connectivity index (χ0) is 20.2. The van der Waals surface area contributed by atoms with Crippen LogP contribution in [-0.4, -0.2) is 10.9 Å². The Morgan fingerprint density at radius 1 is 0.964 bits per heavy atom. The Bertz CT molecular complexity index is 866. The molecule has 0 aliphatic rings. The van der Waals surface area contributed by atoms with Gasteiger partial charge in [0, 0.05) is 24.6 Å². The monoisotopic (exact) mass is 377 g/mol. The molecule has 3 rings (SSSR count). The molecule has 0 aliphatic heterocycles. The van der Waals surface area contributed by atoms with Gasteiger partial charge >= 0.3 is 0 Å². The van der Waals surface area contributed by atoms with Gasteiger partial charge in [0.2, 0.25) is 0 Å². The van der Waals surface area contributed by atoms with Crippen molar-refractivity contribution in [1.82, 2.24) is 10.5 Å². The Hall–Kier alpha value is -3.18. The fourth-order valence-electron chi connectivity index (χ4n) is 2.54. The smallest absolute Gasteiger partial charge is 0.276 e. The van der Waals surface area contributed by atoms with E-state index in [0.717, 1.165) is 22.4 Å². The first kappa shape index (κ1) is 21.1. The van der Waals surface area contributed by atoms with Crippen LogP contribution in [0.4, 0.5) is 5.69 Å². The average Bonchev–Trinajstić information content (AvgIpc) is 2.76. The highest BCUT2D eigenvalue weighted by Crippen LogP contribution is 2.16. The van der Waals surface area contributed by atoms with Crippen LogP contribution in [0.3, 0.4) is 0 Å². The van der Waals surface area contributed by atoms with Crippen molar-refractivity contribution in [2.45, 2.75) is 33.9 Å². The minimum Gasteiger partial charge on any atom is -0.380 e. The molecule has 146 valence electrons. The third kappa shape index (κ3) is 6.21. The number of pyridine rings is 1. The van der Waals surface area contributed by atoms with Crippen LogP contribution in [0.1, 0.15) is 40.9 Å². The van der Waals surface area contributed by atoms with Crippen LogP contribution in [0.5, 0.6) is 0 Å². The van der Waals surface area contributed by atoms with E-state index in [2.05, 4.69) is 15.8 Å². The van der Waals surface area contributed by atoms with E-state index in [1.54, 1.807) is 18.5 Å². The normalized spacial score (nSPS) is 9.82. The van der Waals surface area contributed by atoms with Crippen molar-refractivity contribution < 1.29 is 9.63 Å². The lowest BCUT2D eigenvalue weighted by Gasteiger charge is -2.13. The molecular weight excluding hydrogens is 350 g/mol. The number of aryl methyl sites for hydroxylation is 1. The number of nitrogens with one attached hydrogen (secondary N) is 2. The number of para-hydroxylation sites is 1. The van der Waals surface area contributed by atoms with E-state index < -0.39 is 0 Å². The van der Waals surface area contributed by atoms with Crippen LogP contribution in [0.2, 0.25) is 0 Å².